The molecule has 0 N–H and O–H groups in total. The molecule has 0 bridgehead atoms. The van der Waals surface area contributed by atoms with Gasteiger partial charge in [-0.25, -0.2) is 0 Å². The summed E-state index contributed by atoms with van der Waals surface area (Å²) in [6, 6.07) is 26.7. The minimum Gasteiger partial charge on any atom is -0.376 e. The normalized spacial score (nSPS) is 20.7. The Morgan fingerprint density at radius 3 is 2.03 bits per heavy atom. The maximum atomic E-state index is 12.8. The summed E-state index contributed by atoms with van der Waals surface area (Å²) in [5.74, 6) is 0.0515. The van der Waals surface area contributed by atoms with E-state index in [1.165, 1.54) is 0 Å². The van der Waals surface area contributed by atoms with Crippen molar-refractivity contribution in [3.8, 4) is 0 Å². The number of hydrogen-bond acceptors (Lipinski definition) is 5. The average molecular weight is 467 g/mol. The Labute approximate surface area is 196 Å². The molecule has 4 rings (SSSR count). The highest BCUT2D eigenvalue weighted by Gasteiger charge is 2.38. The van der Waals surface area contributed by atoms with Crippen LogP contribution in [0, 0.1) is 12.8 Å². The molecule has 0 aromatic heterocycles. The first-order chi connectivity index (χ1) is 16.0. The Hall–Kier alpha value is -2.51. The smallest absolute Gasteiger partial charge is 0.297 e. The molecule has 1 fully saturated rings. The van der Waals surface area contributed by atoms with Crippen LogP contribution < -0.4 is 0 Å². The summed E-state index contributed by atoms with van der Waals surface area (Å²) < 4.78 is 43.4. The van der Waals surface area contributed by atoms with E-state index in [9.17, 15) is 8.42 Å². The molecule has 0 heterocycles. The van der Waals surface area contributed by atoms with Crippen LogP contribution in [-0.2, 0) is 37.0 Å². The lowest BCUT2D eigenvalue weighted by Crippen LogP contribution is -2.22. The van der Waals surface area contributed by atoms with Crippen LogP contribution in [0.4, 0.5) is 0 Å². The lowest BCUT2D eigenvalue weighted by molar-refractivity contribution is -0.0194. The molecule has 33 heavy (non-hydrogen) atoms. The SMILES string of the molecule is Cc1ccc(S(=O)(=O)O[C@@H]2C[C@H](COCc3ccccc3)[C@@H](OCc3ccccc3)C2)cc1. The van der Waals surface area contributed by atoms with Crippen LogP contribution in [-0.4, -0.2) is 27.2 Å². The van der Waals surface area contributed by atoms with Gasteiger partial charge < -0.3 is 9.47 Å². The Balaban J connectivity index is 1.40. The summed E-state index contributed by atoms with van der Waals surface area (Å²) in [5.41, 5.74) is 3.19. The van der Waals surface area contributed by atoms with Gasteiger partial charge in [0.25, 0.3) is 10.1 Å². The van der Waals surface area contributed by atoms with Gasteiger partial charge in [-0.2, -0.15) is 8.42 Å². The van der Waals surface area contributed by atoms with Gasteiger partial charge in [-0.05, 0) is 36.6 Å². The molecule has 0 radical (unpaired) electrons. The fourth-order valence-corrected chi connectivity index (χ4v) is 5.21. The van der Waals surface area contributed by atoms with E-state index >= 15 is 0 Å². The van der Waals surface area contributed by atoms with E-state index in [1.54, 1.807) is 24.3 Å². The zero-order valence-electron chi connectivity index (χ0n) is 18.8. The Morgan fingerprint density at radius 2 is 1.39 bits per heavy atom. The van der Waals surface area contributed by atoms with Gasteiger partial charge in [-0.15, -0.1) is 0 Å². The van der Waals surface area contributed by atoms with Crippen molar-refractivity contribution in [2.24, 2.45) is 5.92 Å². The lowest BCUT2D eigenvalue weighted by atomic mass is 10.1. The van der Waals surface area contributed by atoms with Gasteiger partial charge in [0.2, 0.25) is 0 Å². The fourth-order valence-electron chi connectivity index (χ4n) is 4.11. The first kappa shape index (κ1) is 23.6. The third-order valence-corrected chi connectivity index (χ3v) is 7.28. The summed E-state index contributed by atoms with van der Waals surface area (Å²) in [5, 5.41) is 0. The number of hydrogen-bond donors (Lipinski definition) is 0. The molecule has 0 unspecified atom stereocenters. The van der Waals surface area contributed by atoms with E-state index in [2.05, 4.69) is 0 Å². The molecule has 5 nitrogen and oxygen atoms in total. The molecule has 0 saturated heterocycles. The molecule has 1 aliphatic rings. The standard InChI is InChI=1S/C27H30O5S/c1-21-12-14-26(15-13-21)33(28,29)32-25-16-24(20-30-18-22-8-4-2-5-9-22)27(17-25)31-19-23-10-6-3-7-11-23/h2-15,24-25,27H,16-20H2,1H3/t24-,25-,27+/m1/s1. The van der Waals surface area contributed by atoms with Gasteiger partial charge in [-0.3, -0.25) is 4.18 Å². The van der Waals surface area contributed by atoms with Crippen LogP contribution in [0.2, 0.25) is 0 Å². The third-order valence-electron chi connectivity index (χ3n) is 5.91. The van der Waals surface area contributed by atoms with Crippen molar-refractivity contribution < 1.29 is 22.1 Å². The highest BCUT2D eigenvalue weighted by molar-refractivity contribution is 7.86. The van der Waals surface area contributed by atoms with Crippen molar-refractivity contribution in [2.45, 2.75) is 50.1 Å². The second kappa shape index (κ2) is 11.1. The summed E-state index contributed by atoms with van der Waals surface area (Å²) in [7, 11) is -3.83. The Bertz CT molecular complexity index is 1100. The molecule has 1 saturated carbocycles. The second-order valence-corrected chi connectivity index (χ2v) is 10.1. The number of ether oxygens (including phenoxy) is 2. The molecule has 3 aromatic rings. The average Bonchev–Trinajstić information content (AvgIpc) is 3.20. The van der Waals surface area contributed by atoms with E-state index in [0.717, 1.165) is 16.7 Å². The first-order valence-electron chi connectivity index (χ1n) is 11.3. The molecule has 1 aliphatic carbocycles. The minimum absolute atomic E-state index is 0.0515. The summed E-state index contributed by atoms with van der Waals surface area (Å²) in [4.78, 5) is 0.179. The van der Waals surface area contributed by atoms with Gasteiger partial charge >= 0.3 is 0 Å². The van der Waals surface area contributed by atoms with Crippen LogP contribution in [0.15, 0.2) is 89.8 Å². The summed E-state index contributed by atoms with van der Waals surface area (Å²) in [6.45, 7) is 3.38. The zero-order chi connectivity index (χ0) is 23.1. The van der Waals surface area contributed by atoms with Crippen LogP contribution in [0.25, 0.3) is 0 Å². The van der Waals surface area contributed by atoms with E-state index in [0.29, 0.717) is 32.7 Å². The quantitative estimate of drug-likeness (QED) is 0.381. The van der Waals surface area contributed by atoms with E-state index in [1.807, 2.05) is 67.6 Å². The maximum absolute atomic E-state index is 12.8. The van der Waals surface area contributed by atoms with Crippen LogP contribution in [0.5, 0.6) is 0 Å². The molecule has 3 aromatic carbocycles. The molecule has 3 atom stereocenters. The molecule has 174 valence electrons. The van der Waals surface area contributed by atoms with Crippen molar-refractivity contribution in [3.63, 3.8) is 0 Å². The van der Waals surface area contributed by atoms with E-state index < -0.39 is 16.2 Å². The molecular formula is C27H30O5S. The highest BCUT2D eigenvalue weighted by atomic mass is 32.2. The highest BCUT2D eigenvalue weighted by Crippen LogP contribution is 2.34. The topological polar surface area (TPSA) is 61.8 Å². The first-order valence-corrected chi connectivity index (χ1v) is 12.7. The molecule has 0 amide bonds. The van der Waals surface area contributed by atoms with E-state index in [4.69, 9.17) is 13.7 Å². The molecule has 0 aliphatic heterocycles. The van der Waals surface area contributed by atoms with Gasteiger partial charge in [0.05, 0.1) is 36.9 Å². The van der Waals surface area contributed by atoms with Crippen LogP contribution >= 0.6 is 0 Å². The van der Waals surface area contributed by atoms with Crippen molar-refractivity contribution in [1.29, 1.82) is 0 Å². The van der Waals surface area contributed by atoms with Gasteiger partial charge in [0.15, 0.2) is 0 Å². The lowest BCUT2D eigenvalue weighted by Gasteiger charge is -2.20. The van der Waals surface area contributed by atoms with E-state index in [-0.39, 0.29) is 16.9 Å². The van der Waals surface area contributed by atoms with Crippen LogP contribution in [0.1, 0.15) is 29.5 Å². The minimum atomic E-state index is -3.83. The third kappa shape index (κ3) is 6.74. The molecular weight excluding hydrogens is 436 g/mol. The number of aryl methyl sites for hydroxylation is 1. The van der Waals surface area contributed by atoms with Crippen LogP contribution in [0.3, 0.4) is 0 Å². The number of benzene rings is 3. The Kier molecular flexibility index (Phi) is 7.93. The van der Waals surface area contributed by atoms with Gasteiger partial charge in [0.1, 0.15) is 0 Å². The predicted molar refractivity (Wildman–Crippen MR) is 127 cm³/mol. The summed E-state index contributed by atoms with van der Waals surface area (Å²) in [6.07, 6.45) is 0.498. The monoisotopic (exact) mass is 466 g/mol. The second-order valence-electron chi connectivity index (χ2n) is 8.55. The zero-order valence-corrected chi connectivity index (χ0v) is 19.6. The fraction of sp³-hybridized carbons (Fsp3) is 0.333. The van der Waals surface area contributed by atoms with Crippen molar-refractivity contribution in [3.05, 3.63) is 102 Å². The number of rotatable bonds is 10. The van der Waals surface area contributed by atoms with Crippen molar-refractivity contribution in [2.75, 3.05) is 6.61 Å². The molecule has 0 spiro atoms. The largest absolute Gasteiger partial charge is 0.376 e. The van der Waals surface area contributed by atoms with Crippen molar-refractivity contribution >= 4 is 10.1 Å². The van der Waals surface area contributed by atoms with Gasteiger partial charge in [-0.1, -0.05) is 78.4 Å². The Morgan fingerprint density at radius 1 is 0.788 bits per heavy atom. The molecule has 6 heteroatoms. The van der Waals surface area contributed by atoms with Gasteiger partial charge in [0, 0.05) is 12.3 Å². The maximum Gasteiger partial charge on any atom is 0.297 e. The summed E-state index contributed by atoms with van der Waals surface area (Å²) >= 11 is 0. The predicted octanol–water partition coefficient (Wildman–Crippen LogP) is 5.28. The van der Waals surface area contributed by atoms with Crippen molar-refractivity contribution in [1.82, 2.24) is 0 Å².